The fourth-order valence-electron chi connectivity index (χ4n) is 6.67. The minimum atomic E-state index is -0.672. The van der Waals surface area contributed by atoms with Crippen molar-refractivity contribution in [1.82, 2.24) is 19.2 Å². The summed E-state index contributed by atoms with van der Waals surface area (Å²) in [5.74, 6) is -0.215. The number of benzene rings is 3. The first kappa shape index (κ1) is 28.4. The lowest BCUT2D eigenvalue weighted by molar-refractivity contribution is 0.293. The van der Waals surface area contributed by atoms with Crippen LogP contribution < -0.4 is 0 Å². The highest BCUT2D eigenvalue weighted by molar-refractivity contribution is 7.19. The molecule has 4 heterocycles. The Hall–Kier alpha value is -5.04. The topological polar surface area (TPSA) is 35.1 Å². The molecule has 1 aliphatic rings. The minimum absolute atomic E-state index is 0.0717. The van der Waals surface area contributed by atoms with Crippen molar-refractivity contribution >= 4 is 28.6 Å². The van der Waals surface area contributed by atoms with Gasteiger partial charge in [-0.15, -0.1) is 11.3 Å². The summed E-state index contributed by atoms with van der Waals surface area (Å²) in [5, 5.41) is 5.43. The molecular formula is C39H28ClFN4S. The number of hydrogen-bond acceptors (Lipinski definition) is 3. The Bertz CT molecular complexity index is 2170. The van der Waals surface area contributed by atoms with Gasteiger partial charge in [-0.3, -0.25) is 9.08 Å². The molecule has 46 heavy (non-hydrogen) atoms. The average molecular weight is 639 g/mol. The summed E-state index contributed by atoms with van der Waals surface area (Å²) in [6, 6.07) is 35.8. The van der Waals surface area contributed by atoms with Crippen molar-refractivity contribution in [2.45, 2.75) is 12.0 Å². The molecule has 0 saturated carbocycles. The number of hydrogen-bond donors (Lipinski definition) is 0. The van der Waals surface area contributed by atoms with Crippen molar-refractivity contribution in [3.63, 3.8) is 0 Å². The number of aromatic nitrogens is 4. The fourth-order valence-corrected chi connectivity index (χ4v) is 7.72. The van der Waals surface area contributed by atoms with Crippen LogP contribution in [0, 0.1) is 11.7 Å². The van der Waals surface area contributed by atoms with E-state index in [0.717, 1.165) is 60.5 Å². The lowest BCUT2D eigenvalue weighted by Crippen LogP contribution is -2.43. The summed E-state index contributed by atoms with van der Waals surface area (Å²) in [6.45, 7) is 0. The lowest BCUT2D eigenvalue weighted by atomic mass is 9.70. The van der Waals surface area contributed by atoms with Crippen LogP contribution in [0.25, 0.3) is 38.6 Å². The highest BCUT2D eigenvalue weighted by Crippen LogP contribution is 2.46. The summed E-state index contributed by atoms with van der Waals surface area (Å²) in [6.07, 6.45) is 15.7. The van der Waals surface area contributed by atoms with Gasteiger partial charge in [0, 0.05) is 35.0 Å². The van der Waals surface area contributed by atoms with E-state index in [0.29, 0.717) is 0 Å². The van der Waals surface area contributed by atoms with Crippen LogP contribution in [0.1, 0.15) is 17.5 Å². The van der Waals surface area contributed by atoms with Crippen LogP contribution in [0.4, 0.5) is 4.39 Å². The molecule has 0 N–H and O–H groups in total. The van der Waals surface area contributed by atoms with Crippen molar-refractivity contribution in [3.8, 4) is 33.0 Å². The van der Waals surface area contributed by atoms with Crippen molar-refractivity contribution in [2.75, 3.05) is 0 Å². The van der Waals surface area contributed by atoms with Gasteiger partial charge < -0.3 is 0 Å². The van der Waals surface area contributed by atoms with E-state index >= 15 is 0 Å². The van der Waals surface area contributed by atoms with Crippen LogP contribution in [-0.4, -0.2) is 19.2 Å². The maximum Gasteiger partial charge on any atom is 0.137 e. The number of pyridine rings is 1. The van der Waals surface area contributed by atoms with Crippen molar-refractivity contribution < 1.29 is 4.39 Å². The molecule has 0 amide bonds. The standard InChI is InChI=1S/C39H28ClFN4S/c40-36-22-21-35(46-36)34-24-42-37-23-18-28(25-44(34)37)33-26-45(43-38(33)27-16-19-32(41)20-17-27)39(29-10-4-1-5-11-29,30-12-6-2-7-13-30)31-14-8-3-9-15-31/h1-14,16-26,31H,15H2. The zero-order valence-corrected chi connectivity index (χ0v) is 26.2. The van der Waals surface area contributed by atoms with Gasteiger partial charge in [0.1, 0.15) is 22.7 Å². The van der Waals surface area contributed by atoms with Gasteiger partial charge in [0.25, 0.3) is 0 Å². The number of allylic oxidation sites excluding steroid dienone is 4. The van der Waals surface area contributed by atoms with Crippen LogP contribution >= 0.6 is 22.9 Å². The molecule has 224 valence electrons. The Balaban J connectivity index is 1.41. The SMILES string of the molecule is Fc1ccc(-c2nn(C(c3ccccc3)(c3ccccc3)C3C=CC=CC3)cc2-c2ccc3ncc(-c4ccc(Cl)s4)n3c2)cc1. The van der Waals surface area contributed by atoms with Gasteiger partial charge in [-0.1, -0.05) is 96.6 Å². The van der Waals surface area contributed by atoms with Crippen LogP contribution in [0.15, 0.2) is 152 Å². The summed E-state index contributed by atoms with van der Waals surface area (Å²) in [5.41, 5.74) is 6.90. The van der Waals surface area contributed by atoms with Gasteiger partial charge in [0.2, 0.25) is 0 Å². The number of imidazole rings is 1. The third-order valence-electron chi connectivity index (χ3n) is 8.78. The van der Waals surface area contributed by atoms with E-state index in [1.807, 2.05) is 36.5 Å². The molecule has 0 aliphatic heterocycles. The van der Waals surface area contributed by atoms with Crippen LogP contribution in [-0.2, 0) is 5.54 Å². The molecule has 4 nitrogen and oxygen atoms in total. The van der Waals surface area contributed by atoms with E-state index in [9.17, 15) is 4.39 Å². The van der Waals surface area contributed by atoms with Crippen LogP contribution in [0.5, 0.6) is 0 Å². The van der Waals surface area contributed by atoms with Gasteiger partial charge in [-0.05, 0) is 66.1 Å². The lowest BCUT2D eigenvalue weighted by Gasteiger charge is -2.41. The van der Waals surface area contributed by atoms with Crippen LogP contribution in [0.2, 0.25) is 4.34 Å². The molecule has 1 unspecified atom stereocenters. The molecule has 0 bridgehead atoms. The molecule has 0 saturated heterocycles. The van der Waals surface area contributed by atoms with Crippen molar-refractivity contribution in [1.29, 1.82) is 0 Å². The molecule has 3 aromatic carbocycles. The average Bonchev–Trinajstić information content (AvgIpc) is 3.85. The van der Waals surface area contributed by atoms with E-state index in [1.165, 1.54) is 23.5 Å². The van der Waals surface area contributed by atoms with Gasteiger partial charge in [0.15, 0.2) is 0 Å². The molecule has 7 aromatic rings. The van der Waals surface area contributed by atoms with Gasteiger partial charge in [-0.25, -0.2) is 9.37 Å². The third kappa shape index (κ3) is 4.82. The molecule has 0 fully saturated rings. The maximum atomic E-state index is 14.2. The fraction of sp³-hybridized carbons (Fsp3) is 0.0769. The van der Waals surface area contributed by atoms with E-state index < -0.39 is 5.54 Å². The van der Waals surface area contributed by atoms with Gasteiger partial charge in [0.05, 0.1) is 21.1 Å². The molecule has 0 radical (unpaired) electrons. The minimum Gasteiger partial charge on any atom is -0.298 e. The predicted octanol–water partition coefficient (Wildman–Crippen LogP) is 10.3. The molecule has 8 rings (SSSR count). The number of fused-ring (bicyclic) bond motifs is 1. The van der Waals surface area contributed by atoms with Crippen molar-refractivity contribution in [3.05, 3.63) is 173 Å². The highest BCUT2D eigenvalue weighted by atomic mass is 35.5. The Labute approximate surface area is 275 Å². The first-order chi connectivity index (χ1) is 22.6. The smallest absolute Gasteiger partial charge is 0.137 e. The molecule has 1 aliphatic carbocycles. The summed E-state index contributed by atoms with van der Waals surface area (Å²) < 4.78 is 19.2. The number of halogens is 2. The molecule has 4 aromatic heterocycles. The largest absolute Gasteiger partial charge is 0.298 e. The summed E-state index contributed by atoms with van der Waals surface area (Å²) in [4.78, 5) is 5.70. The monoisotopic (exact) mass is 638 g/mol. The number of thiophene rings is 1. The highest BCUT2D eigenvalue weighted by Gasteiger charge is 2.44. The van der Waals surface area contributed by atoms with E-state index in [1.54, 1.807) is 12.1 Å². The number of rotatable bonds is 7. The first-order valence-corrected chi connectivity index (χ1v) is 16.3. The van der Waals surface area contributed by atoms with E-state index in [2.05, 4.69) is 105 Å². The molecule has 1 atom stereocenters. The van der Waals surface area contributed by atoms with Gasteiger partial charge in [-0.2, -0.15) is 5.10 Å². The third-order valence-corrected chi connectivity index (χ3v) is 10.0. The Morgan fingerprint density at radius 1 is 0.783 bits per heavy atom. The normalized spacial score (nSPS) is 14.7. The zero-order valence-electron chi connectivity index (χ0n) is 24.7. The molecule has 0 spiro atoms. The quantitative estimate of drug-likeness (QED) is 0.174. The number of nitrogens with zero attached hydrogens (tertiary/aromatic N) is 4. The predicted molar refractivity (Wildman–Crippen MR) is 186 cm³/mol. The Morgan fingerprint density at radius 3 is 2.15 bits per heavy atom. The van der Waals surface area contributed by atoms with E-state index in [-0.39, 0.29) is 11.7 Å². The van der Waals surface area contributed by atoms with Crippen LogP contribution in [0.3, 0.4) is 0 Å². The van der Waals surface area contributed by atoms with E-state index in [4.69, 9.17) is 16.7 Å². The summed E-state index contributed by atoms with van der Waals surface area (Å²) >= 11 is 7.83. The Morgan fingerprint density at radius 2 is 1.50 bits per heavy atom. The van der Waals surface area contributed by atoms with Gasteiger partial charge >= 0.3 is 0 Å². The Kier molecular flexibility index (Phi) is 7.24. The molecule has 7 heteroatoms. The maximum absolute atomic E-state index is 14.2. The second-order valence-electron chi connectivity index (χ2n) is 11.4. The van der Waals surface area contributed by atoms with Crippen molar-refractivity contribution in [2.24, 2.45) is 5.92 Å². The second kappa shape index (κ2) is 11.7. The first-order valence-electron chi connectivity index (χ1n) is 15.1. The zero-order chi connectivity index (χ0) is 31.1. The molecular weight excluding hydrogens is 611 g/mol. The summed E-state index contributed by atoms with van der Waals surface area (Å²) in [7, 11) is 0. The second-order valence-corrected chi connectivity index (χ2v) is 13.1.